The maximum absolute atomic E-state index is 16.7. The fraction of sp³-hybridized carbons (Fsp3) is 0.483. The Bertz CT molecular complexity index is 1770. The zero-order valence-corrected chi connectivity index (χ0v) is 24.5. The first kappa shape index (κ1) is 29.3. The van der Waals surface area contributed by atoms with Gasteiger partial charge in [-0.2, -0.15) is 23.1 Å². The summed E-state index contributed by atoms with van der Waals surface area (Å²) in [4.78, 5) is 16.7. The summed E-state index contributed by atoms with van der Waals surface area (Å²) in [6, 6.07) is 2.64. The van der Waals surface area contributed by atoms with Gasteiger partial charge in [0.25, 0.3) is 0 Å². The number of ether oxygens (including phenoxy) is 1. The van der Waals surface area contributed by atoms with E-state index >= 15 is 4.39 Å². The van der Waals surface area contributed by atoms with E-state index in [-0.39, 0.29) is 62.7 Å². The Labute approximate surface area is 252 Å². The average molecular weight is 638 g/mol. The first-order valence-corrected chi connectivity index (χ1v) is 15.2. The van der Waals surface area contributed by atoms with Gasteiger partial charge in [0, 0.05) is 55.2 Å². The Hall–Kier alpha value is -3.43. The molecule has 3 fully saturated rings. The van der Waals surface area contributed by atoms with Crippen molar-refractivity contribution < 1.29 is 31.1 Å². The number of nitrogens with one attached hydrogen (secondary N) is 1. The molecule has 0 unspecified atom stereocenters. The summed E-state index contributed by atoms with van der Waals surface area (Å²) in [6.07, 6.45) is -4.11. The number of nitrogens with two attached hydrogens (primary N) is 1. The maximum Gasteiger partial charge on any atom is 0.417 e. The van der Waals surface area contributed by atoms with Crippen LogP contribution in [0.15, 0.2) is 18.2 Å². The van der Waals surface area contributed by atoms with Gasteiger partial charge in [0.1, 0.15) is 29.9 Å². The molecule has 5 heterocycles. The van der Waals surface area contributed by atoms with Crippen molar-refractivity contribution in [1.82, 2.24) is 25.2 Å². The van der Waals surface area contributed by atoms with Crippen molar-refractivity contribution in [2.24, 2.45) is 0 Å². The molecule has 0 aliphatic carbocycles. The molecule has 0 amide bonds. The molecule has 3 aliphatic heterocycles. The van der Waals surface area contributed by atoms with Crippen LogP contribution >= 0.6 is 11.3 Å². The van der Waals surface area contributed by atoms with Crippen molar-refractivity contribution in [1.29, 1.82) is 0 Å². The Balaban J connectivity index is 1.43. The van der Waals surface area contributed by atoms with E-state index in [0.717, 1.165) is 42.5 Å². The molecule has 3 aliphatic rings. The minimum atomic E-state index is -4.99. The molecule has 0 spiro atoms. The number of aromatic nitrogens is 3. The van der Waals surface area contributed by atoms with Crippen molar-refractivity contribution in [3.05, 3.63) is 35.4 Å². The molecule has 7 rings (SSSR count). The molecule has 15 heteroatoms. The zero-order chi connectivity index (χ0) is 31.0. The van der Waals surface area contributed by atoms with Crippen LogP contribution in [0.4, 0.5) is 37.3 Å². The van der Waals surface area contributed by atoms with E-state index in [0.29, 0.717) is 32.6 Å². The number of hydrogen-bond acceptors (Lipinski definition) is 9. The summed E-state index contributed by atoms with van der Waals surface area (Å²) < 4.78 is 95.7. The highest BCUT2D eigenvalue weighted by Gasteiger charge is 2.49. The Morgan fingerprint density at radius 3 is 2.73 bits per heavy atom. The minimum absolute atomic E-state index is 0.0159. The van der Waals surface area contributed by atoms with E-state index in [1.807, 2.05) is 11.8 Å². The number of halogens is 6. The highest BCUT2D eigenvalue weighted by molar-refractivity contribution is 7.22. The van der Waals surface area contributed by atoms with Crippen LogP contribution in [-0.2, 0) is 6.18 Å². The fourth-order valence-corrected chi connectivity index (χ4v) is 7.71. The molecule has 3 atom stereocenters. The largest absolute Gasteiger partial charge is 0.461 e. The minimum Gasteiger partial charge on any atom is -0.461 e. The molecule has 0 bridgehead atoms. The molecular formula is C29H29F6N7OS. The third-order valence-corrected chi connectivity index (χ3v) is 9.77. The van der Waals surface area contributed by atoms with E-state index in [2.05, 4.69) is 20.3 Å². The van der Waals surface area contributed by atoms with Crippen molar-refractivity contribution in [3.63, 3.8) is 0 Å². The van der Waals surface area contributed by atoms with Crippen LogP contribution in [0.1, 0.15) is 31.7 Å². The number of benzene rings is 2. The summed E-state index contributed by atoms with van der Waals surface area (Å²) in [5.41, 5.74) is 2.31. The second-order valence-electron chi connectivity index (χ2n) is 11.8. The third-order valence-electron chi connectivity index (χ3n) is 8.88. The Morgan fingerprint density at radius 1 is 1.14 bits per heavy atom. The number of alkyl halides is 4. The zero-order valence-electron chi connectivity index (χ0n) is 23.6. The molecule has 0 saturated carbocycles. The summed E-state index contributed by atoms with van der Waals surface area (Å²) in [6.45, 7) is 4.35. The van der Waals surface area contributed by atoms with Crippen LogP contribution < -0.4 is 20.7 Å². The number of anilines is 2. The standard InChI is InChI=1S/C29H29F6N7OS/c1-14-11-41(8-6-37-14)25-17-9-18(29(33,34)35)20(16-3-4-19(31)24-23(16)38-26(36)44-24)21(32)22(17)39-27(40-25)43-13-28-5-2-7-42(28)12-15(30)10-28/h3-4,9,14-15,37H,2,5-8,10-13H2,1H3,(H2,36,38)/t14-,15-,28+/m1/s1. The fourth-order valence-electron chi connectivity index (χ4n) is 6.95. The van der Waals surface area contributed by atoms with Gasteiger partial charge in [-0.25, -0.2) is 18.2 Å². The number of rotatable bonds is 5. The van der Waals surface area contributed by atoms with Crippen molar-refractivity contribution >= 4 is 43.4 Å². The number of piperazine rings is 1. The van der Waals surface area contributed by atoms with Crippen molar-refractivity contribution in [3.8, 4) is 17.1 Å². The molecule has 0 radical (unpaired) electrons. The highest BCUT2D eigenvalue weighted by Crippen LogP contribution is 2.46. The average Bonchev–Trinajstić information content (AvgIpc) is 3.63. The van der Waals surface area contributed by atoms with Crippen LogP contribution in [0.3, 0.4) is 0 Å². The lowest BCUT2D eigenvalue weighted by molar-refractivity contribution is -0.137. The van der Waals surface area contributed by atoms with Gasteiger partial charge in [-0.1, -0.05) is 11.3 Å². The lowest BCUT2D eigenvalue weighted by atomic mass is 9.95. The Kier molecular flexibility index (Phi) is 7.05. The van der Waals surface area contributed by atoms with Gasteiger partial charge in [-0.3, -0.25) is 4.90 Å². The van der Waals surface area contributed by atoms with Crippen molar-refractivity contribution in [2.45, 2.75) is 50.1 Å². The van der Waals surface area contributed by atoms with Crippen LogP contribution in [0.25, 0.3) is 32.2 Å². The molecule has 44 heavy (non-hydrogen) atoms. The number of fused-ring (bicyclic) bond motifs is 3. The van der Waals surface area contributed by atoms with Gasteiger partial charge in [0.05, 0.1) is 21.3 Å². The summed E-state index contributed by atoms with van der Waals surface area (Å²) >= 11 is 0.759. The molecule has 3 saturated heterocycles. The quantitative estimate of drug-likeness (QED) is 0.276. The Morgan fingerprint density at radius 2 is 1.95 bits per heavy atom. The molecule has 4 aromatic rings. The lowest BCUT2D eigenvalue weighted by Gasteiger charge is -2.34. The summed E-state index contributed by atoms with van der Waals surface area (Å²) in [5.74, 6) is -1.90. The van der Waals surface area contributed by atoms with E-state index in [1.165, 1.54) is 0 Å². The smallest absolute Gasteiger partial charge is 0.417 e. The normalized spacial score (nSPS) is 24.5. The number of nitrogens with zero attached hydrogens (tertiary/aromatic N) is 5. The van der Waals surface area contributed by atoms with E-state index < -0.39 is 40.6 Å². The number of nitrogen functional groups attached to an aromatic ring is 1. The third kappa shape index (κ3) is 4.88. The van der Waals surface area contributed by atoms with Gasteiger partial charge in [-0.05, 0) is 44.5 Å². The number of hydrogen-bond donors (Lipinski definition) is 2. The predicted molar refractivity (Wildman–Crippen MR) is 156 cm³/mol. The molecule has 3 N–H and O–H groups in total. The second-order valence-corrected chi connectivity index (χ2v) is 12.9. The summed E-state index contributed by atoms with van der Waals surface area (Å²) in [5, 5.41) is 3.07. The molecule has 2 aromatic heterocycles. The lowest BCUT2D eigenvalue weighted by Crippen LogP contribution is -2.49. The van der Waals surface area contributed by atoms with Crippen LogP contribution in [0.2, 0.25) is 0 Å². The van der Waals surface area contributed by atoms with E-state index in [9.17, 15) is 22.0 Å². The van der Waals surface area contributed by atoms with Gasteiger partial charge in [0.15, 0.2) is 10.9 Å². The molecule has 234 valence electrons. The first-order chi connectivity index (χ1) is 20.9. The van der Waals surface area contributed by atoms with Gasteiger partial charge in [0.2, 0.25) is 0 Å². The second kappa shape index (κ2) is 10.6. The van der Waals surface area contributed by atoms with E-state index in [1.54, 1.807) is 4.90 Å². The monoisotopic (exact) mass is 637 g/mol. The molecule has 2 aromatic carbocycles. The van der Waals surface area contributed by atoms with Gasteiger partial charge >= 0.3 is 12.2 Å². The predicted octanol–water partition coefficient (Wildman–Crippen LogP) is 5.54. The van der Waals surface area contributed by atoms with Crippen LogP contribution in [-0.4, -0.2) is 76.9 Å². The SMILES string of the molecule is C[C@@H]1CN(c2nc(OC[C@@]34CCCN3C[C@H](F)C4)nc3c(F)c(-c4ccc(F)c5sc(N)nc45)c(C(F)(F)F)cc23)CCN1. The van der Waals surface area contributed by atoms with Crippen molar-refractivity contribution in [2.75, 3.05) is 50.0 Å². The van der Waals surface area contributed by atoms with Crippen LogP contribution in [0.5, 0.6) is 6.01 Å². The molecular weight excluding hydrogens is 608 g/mol. The summed E-state index contributed by atoms with van der Waals surface area (Å²) in [7, 11) is 0. The van der Waals surface area contributed by atoms with E-state index in [4.69, 9.17) is 10.5 Å². The topological polar surface area (TPSA) is 92.4 Å². The highest BCUT2D eigenvalue weighted by atomic mass is 32.1. The van der Waals surface area contributed by atoms with Gasteiger partial charge in [-0.15, -0.1) is 0 Å². The molecule has 8 nitrogen and oxygen atoms in total. The van der Waals surface area contributed by atoms with Gasteiger partial charge < -0.3 is 20.7 Å². The van der Waals surface area contributed by atoms with Crippen LogP contribution in [0, 0.1) is 11.6 Å². The number of thiazole rings is 1. The first-order valence-electron chi connectivity index (χ1n) is 14.4. The maximum atomic E-state index is 16.7.